The minimum Gasteiger partial charge on any atom is -0.494 e. The number of aryl methyl sites for hydroxylation is 1. The van der Waals surface area contributed by atoms with Crippen LogP contribution in [0.3, 0.4) is 0 Å². The van der Waals surface area contributed by atoms with Crippen LogP contribution in [-0.2, 0) is 22.5 Å². The number of hydrogen-bond donors (Lipinski definition) is 2. The number of fused-ring (bicyclic) bond motifs is 1. The Bertz CT molecular complexity index is 1230. The van der Waals surface area contributed by atoms with Crippen molar-refractivity contribution >= 4 is 22.9 Å². The second-order valence-corrected chi connectivity index (χ2v) is 9.28. The van der Waals surface area contributed by atoms with Crippen molar-refractivity contribution in [2.75, 3.05) is 17.5 Å². The maximum atomic E-state index is 12.6. The second-order valence-electron chi connectivity index (χ2n) is 8.43. The summed E-state index contributed by atoms with van der Waals surface area (Å²) in [5, 5.41) is 9.00. The van der Waals surface area contributed by atoms with Crippen molar-refractivity contribution in [3.8, 4) is 22.6 Å². The van der Waals surface area contributed by atoms with Crippen LogP contribution in [0.2, 0.25) is 0 Å². The van der Waals surface area contributed by atoms with Gasteiger partial charge < -0.3 is 14.6 Å². The molecule has 0 amide bonds. The number of hydrogen-bond acceptors (Lipinski definition) is 4. The van der Waals surface area contributed by atoms with Crippen LogP contribution in [0.5, 0.6) is 11.5 Å². The molecule has 0 spiro atoms. The molecule has 3 aromatic carbocycles. The quantitative estimate of drug-likeness (QED) is 0.378. The average molecular weight is 496 g/mol. The molecule has 2 unspecified atom stereocenters. The molecule has 0 saturated carbocycles. The Hall–Kier alpha value is -3.36. The first-order valence-electron chi connectivity index (χ1n) is 11.6. The molecule has 2 N–H and O–H groups in total. The summed E-state index contributed by atoms with van der Waals surface area (Å²) in [4.78, 5) is 11.0. The fourth-order valence-corrected chi connectivity index (χ4v) is 5.42. The van der Waals surface area contributed by atoms with Crippen LogP contribution in [-0.4, -0.2) is 33.1 Å². The van der Waals surface area contributed by atoms with Crippen molar-refractivity contribution in [2.45, 2.75) is 39.2 Å². The first-order chi connectivity index (χ1) is 16.9. The van der Waals surface area contributed by atoms with Crippen molar-refractivity contribution in [2.24, 2.45) is 0 Å². The number of nitrogens with zero attached hydrogens (tertiary/aromatic N) is 1. The summed E-state index contributed by atoms with van der Waals surface area (Å²) in [7, 11) is 0. The number of carbonyl (C=O) groups is 1. The van der Waals surface area contributed by atoms with E-state index < -0.39 is 23.8 Å². The molecule has 0 radical (unpaired) electrons. The zero-order valence-electron chi connectivity index (χ0n) is 19.8. The summed E-state index contributed by atoms with van der Waals surface area (Å²) in [5.41, 5.74) is 5.48. The van der Waals surface area contributed by atoms with Crippen molar-refractivity contribution in [1.29, 1.82) is 0 Å². The van der Waals surface area contributed by atoms with Crippen LogP contribution in [0.1, 0.15) is 42.5 Å². The molecule has 4 rings (SSSR count). The number of rotatable bonds is 9. The Morgan fingerprint density at radius 2 is 1.89 bits per heavy atom. The lowest BCUT2D eigenvalue weighted by Crippen LogP contribution is -2.33. The zero-order valence-corrected chi connectivity index (χ0v) is 20.6. The Morgan fingerprint density at radius 1 is 1.11 bits per heavy atom. The van der Waals surface area contributed by atoms with Gasteiger partial charge in [0.2, 0.25) is 0 Å². The third-order valence-corrected chi connectivity index (χ3v) is 6.98. The van der Waals surface area contributed by atoms with E-state index in [4.69, 9.17) is 14.6 Å². The van der Waals surface area contributed by atoms with Crippen LogP contribution in [0, 0.1) is 6.92 Å². The van der Waals surface area contributed by atoms with Gasteiger partial charge in [0.1, 0.15) is 11.5 Å². The lowest BCUT2D eigenvalue weighted by molar-refractivity contribution is -0.139. The molecule has 0 aliphatic heterocycles. The molecule has 1 aliphatic carbocycles. The van der Waals surface area contributed by atoms with Gasteiger partial charge >= 0.3 is 5.97 Å². The zero-order chi connectivity index (χ0) is 24.9. The molecule has 35 heavy (non-hydrogen) atoms. The van der Waals surface area contributed by atoms with Gasteiger partial charge in [0.25, 0.3) is 11.3 Å². The topological polar surface area (TPSA) is 96.3 Å². The summed E-state index contributed by atoms with van der Waals surface area (Å²) in [5.74, 6) is 0.284. The molecule has 3 aromatic rings. The van der Waals surface area contributed by atoms with E-state index in [0.717, 1.165) is 46.4 Å². The molecule has 8 heteroatoms. The SMILES string of the molecule is CCOc1ccc(-c2ccc(N(C3CCCc4c(OCC(=O)O)cccc43)S(=O)O)cc2C)cc1. The van der Waals surface area contributed by atoms with E-state index in [1.165, 1.54) is 4.31 Å². The molecule has 2 atom stereocenters. The molecular formula is C27H29NO6S. The smallest absolute Gasteiger partial charge is 0.341 e. The van der Waals surface area contributed by atoms with Gasteiger partial charge in [0, 0.05) is 0 Å². The van der Waals surface area contributed by atoms with Gasteiger partial charge in [-0.25, -0.2) is 9.00 Å². The van der Waals surface area contributed by atoms with E-state index in [1.807, 2.05) is 62.4 Å². The number of carboxylic acids is 1. The van der Waals surface area contributed by atoms with E-state index in [9.17, 15) is 13.6 Å². The minimum absolute atomic E-state index is 0.339. The van der Waals surface area contributed by atoms with E-state index in [2.05, 4.69) is 0 Å². The average Bonchev–Trinajstić information content (AvgIpc) is 2.84. The van der Waals surface area contributed by atoms with Gasteiger partial charge in [-0.05, 0) is 91.3 Å². The lowest BCUT2D eigenvalue weighted by Gasteiger charge is -2.35. The Morgan fingerprint density at radius 3 is 2.54 bits per heavy atom. The van der Waals surface area contributed by atoms with Crippen molar-refractivity contribution in [3.63, 3.8) is 0 Å². The highest BCUT2D eigenvalue weighted by molar-refractivity contribution is 7.80. The predicted octanol–water partition coefficient (Wildman–Crippen LogP) is 5.54. The highest BCUT2D eigenvalue weighted by Crippen LogP contribution is 2.42. The molecule has 184 valence electrons. The summed E-state index contributed by atoms with van der Waals surface area (Å²) >= 11 is -2.26. The molecule has 0 heterocycles. The first-order valence-corrected chi connectivity index (χ1v) is 12.7. The summed E-state index contributed by atoms with van der Waals surface area (Å²) < 4.78 is 35.5. The molecular weight excluding hydrogens is 466 g/mol. The van der Waals surface area contributed by atoms with Gasteiger partial charge in [-0.1, -0.05) is 30.3 Å². The van der Waals surface area contributed by atoms with Crippen LogP contribution in [0.4, 0.5) is 5.69 Å². The maximum absolute atomic E-state index is 12.6. The summed E-state index contributed by atoms with van der Waals surface area (Å²) in [6, 6.07) is 18.8. The molecule has 0 fully saturated rings. The van der Waals surface area contributed by atoms with Crippen molar-refractivity contribution in [3.05, 3.63) is 77.4 Å². The van der Waals surface area contributed by atoms with Crippen LogP contribution in [0.15, 0.2) is 60.7 Å². The van der Waals surface area contributed by atoms with E-state index in [1.54, 1.807) is 12.1 Å². The molecule has 0 saturated heterocycles. The fourth-order valence-electron chi connectivity index (χ4n) is 4.69. The van der Waals surface area contributed by atoms with Gasteiger partial charge in [0.15, 0.2) is 6.61 Å². The summed E-state index contributed by atoms with van der Waals surface area (Å²) in [6.07, 6.45) is 2.21. The standard InChI is InChI=1S/C27H29NO6S/c1-3-33-21-13-10-19(11-14-21)22-15-12-20(16-18(22)2)28(35(31)32)25-8-4-7-24-23(25)6-5-9-26(24)34-17-27(29)30/h5-6,9-16,25H,3-4,7-8,17H2,1-2H3,(H,29,30)(H,31,32). The molecule has 7 nitrogen and oxygen atoms in total. The molecule has 0 aromatic heterocycles. The number of aliphatic carboxylic acids is 1. The van der Waals surface area contributed by atoms with E-state index in [0.29, 0.717) is 24.5 Å². The number of benzene rings is 3. The fraction of sp³-hybridized carbons (Fsp3) is 0.296. The van der Waals surface area contributed by atoms with Gasteiger partial charge in [-0.2, -0.15) is 0 Å². The number of carboxylic acid groups (broad SMARTS) is 1. The third kappa shape index (κ3) is 5.49. The first kappa shape index (κ1) is 24.8. The summed E-state index contributed by atoms with van der Waals surface area (Å²) in [6.45, 7) is 4.12. The Balaban J connectivity index is 1.66. The normalized spacial score (nSPS) is 15.7. The van der Waals surface area contributed by atoms with E-state index in [-0.39, 0.29) is 6.04 Å². The van der Waals surface area contributed by atoms with Crippen LogP contribution in [0.25, 0.3) is 11.1 Å². The van der Waals surface area contributed by atoms with Gasteiger partial charge in [-0.15, -0.1) is 0 Å². The van der Waals surface area contributed by atoms with Crippen LogP contribution >= 0.6 is 0 Å². The highest BCUT2D eigenvalue weighted by atomic mass is 32.2. The molecule has 0 bridgehead atoms. The van der Waals surface area contributed by atoms with Gasteiger partial charge in [0.05, 0.1) is 18.3 Å². The van der Waals surface area contributed by atoms with Crippen LogP contribution < -0.4 is 13.8 Å². The van der Waals surface area contributed by atoms with E-state index >= 15 is 0 Å². The Labute approximate surface area is 207 Å². The predicted molar refractivity (Wildman–Crippen MR) is 136 cm³/mol. The molecule has 1 aliphatic rings. The minimum atomic E-state index is -2.26. The van der Waals surface area contributed by atoms with Gasteiger partial charge in [-0.3, -0.25) is 8.86 Å². The maximum Gasteiger partial charge on any atom is 0.341 e. The van der Waals surface area contributed by atoms with Crippen molar-refractivity contribution < 1.29 is 28.1 Å². The second kappa shape index (κ2) is 10.9. The monoisotopic (exact) mass is 495 g/mol. The highest BCUT2D eigenvalue weighted by Gasteiger charge is 2.31. The lowest BCUT2D eigenvalue weighted by atomic mass is 9.86. The van der Waals surface area contributed by atoms with Crippen molar-refractivity contribution in [1.82, 2.24) is 0 Å². The Kier molecular flexibility index (Phi) is 7.73. The number of ether oxygens (including phenoxy) is 2. The third-order valence-electron chi connectivity index (χ3n) is 6.18. The number of anilines is 1. The largest absolute Gasteiger partial charge is 0.494 e.